The number of benzene rings is 2. The van der Waals surface area contributed by atoms with Gasteiger partial charge in [0.1, 0.15) is 5.75 Å². The highest BCUT2D eigenvalue weighted by atomic mass is 16.5. The van der Waals surface area contributed by atoms with E-state index in [4.69, 9.17) is 26.8 Å². The van der Waals surface area contributed by atoms with Crippen LogP contribution < -0.4 is 10.1 Å². The van der Waals surface area contributed by atoms with Crippen molar-refractivity contribution in [3.05, 3.63) is 58.9 Å². The van der Waals surface area contributed by atoms with Gasteiger partial charge in [0, 0.05) is 25.4 Å². The molecule has 0 spiro atoms. The van der Waals surface area contributed by atoms with Crippen molar-refractivity contribution < 1.29 is 20.2 Å². The fourth-order valence-corrected chi connectivity index (χ4v) is 3.20. The van der Waals surface area contributed by atoms with Crippen molar-refractivity contribution in [2.75, 3.05) is 6.50 Å². The zero-order valence-electron chi connectivity index (χ0n) is 24.8. The molecule has 1 atom stereocenters. The number of aromatic nitrogens is 2. The number of hydrogen-bond acceptors (Lipinski definition) is 5. The van der Waals surface area contributed by atoms with E-state index < -0.39 is 37.8 Å². The van der Waals surface area contributed by atoms with Crippen molar-refractivity contribution in [2.24, 2.45) is 0 Å². The molecule has 0 saturated heterocycles. The fourth-order valence-electron chi connectivity index (χ4n) is 3.20. The topological polar surface area (TPSA) is 64.5 Å². The summed E-state index contributed by atoms with van der Waals surface area (Å²) in [5.74, 6) is 0.326. The fraction of sp³-hybridized carbons (Fsp3) is 0.375. The van der Waals surface area contributed by atoms with Gasteiger partial charge < -0.3 is 14.6 Å². The Morgan fingerprint density at radius 3 is 3.10 bits per heavy atom. The molecule has 1 N–H and O–H groups in total. The molecular weight excluding hydrogens is 376 g/mol. The minimum absolute atomic E-state index is 0.0378. The predicted molar refractivity (Wildman–Crippen MR) is 117 cm³/mol. The Labute approximate surface area is 188 Å². The first-order valence-corrected chi connectivity index (χ1v) is 9.35. The molecule has 154 valence electrons. The van der Waals surface area contributed by atoms with E-state index >= 15 is 0 Å². The number of fused-ring (bicyclic) bond motifs is 1. The molecule has 0 unspecified atom stereocenters. The van der Waals surface area contributed by atoms with Gasteiger partial charge in [0.15, 0.2) is 0 Å². The molecule has 1 aromatic heterocycles. The summed E-state index contributed by atoms with van der Waals surface area (Å²) in [4.78, 5) is 7.85. The third-order valence-corrected chi connectivity index (χ3v) is 4.48. The van der Waals surface area contributed by atoms with Crippen molar-refractivity contribution in [1.29, 1.82) is 0 Å². The van der Waals surface area contributed by atoms with Crippen LogP contribution in [0.1, 0.15) is 61.7 Å². The second-order valence-electron chi connectivity index (χ2n) is 6.79. The van der Waals surface area contributed by atoms with Crippen molar-refractivity contribution >= 4 is 5.69 Å². The van der Waals surface area contributed by atoms with Crippen molar-refractivity contribution in [3.8, 4) is 28.6 Å². The standard InChI is InChI=1S/C24H26N4O2/c1-5-13-26-20-11-10-17-18(20)7-6-8-19(17)23-27-24(30-28-23)16-9-12-22(29-15(2)3)21(14-16)25-4/h6-9,12,14-15,20,26H,5,10-11,13H2,1-3H3/t20-/m0/s1/i5D2,10D2,13D2,15D,20D. The molecule has 0 aliphatic heterocycles. The predicted octanol–water partition coefficient (Wildman–Crippen LogP) is 5.73. The lowest BCUT2D eigenvalue weighted by atomic mass is 10.0. The van der Waals surface area contributed by atoms with Gasteiger partial charge in [-0.05, 0) is 68.8 Å². The molecule has 30 heavy (non-hydrogen) atoms. The van der Waals surface area contributed by atoms with Crippen LogP contribution in [0.15, 0.2) is 40.9 Å². The maximum Gasteiger partial charge on any atom is 0.256 e. The van der Waals surface area contributed by atoms with Gasteiger partial charge in [0.25, 0.3) is 5.89 Å². The molecule has 1 aliphatic rings. The highest BCUT2D eigenvalue weighted by Gasteiger charge is 2.26. The Morgan fingerprint density at radius 1 is 1.47 bits per heavy atom. The van der Waals surface area contributed by atoms with Crippen molar-refractivity contribution in [3.63, 3.8) is 0 Å². The Morgan fingerprint density at radius 2 is 2.33 bits per heavy atom. The Hall–Kier alpha value is -3.17. The maximum absolute atomic E-state index is 8.90. The van der Waals surface area contributed by atoms with E-state index in [-0.39, 0.29) is 39.8 Å². The Bertz CT molecular complexity index is 1420. The lowest BCUT2D eigenvalue weighted by Gasteiger charge is -2.13. The Balaban J connectivity index is 1.74. The van der Waals surface area contributed by atoms with Gasteiger partial charge in [-0.15, -0.1) is 0 Å². The average molecular weight is 411 g/mol. The third kappa shape index (κ3) is 3.94. The molecule has 6 heteroatoms. The molecule has 3 aromatic rings. The summed E-state index contributed by atoms with van der Waals surface area (Å²) in [5, 5.41) is 6.39. The van der Waals surface area contributed by atoms with Crippen LogP contribution in [-0.2, 0) is 6.37 Å². The summed E-state index contributed by atoms with van der Waals surface area (Å²) in [6.07, 6.45) is -6.13. The lowest BCUT2D eigenvalue weighted by Crippen LogP contribution is -2.19. The number of nitrogens with zero attached hydrogens (tertiary/aromatic N) is 3. The molecule has 2 aromatic carbocycles. The minimum Gasteiger partial charge on any atom is -0.502 e. The molecule has 0 amide bonds. The quantitative estimate of drug-likeness (QED) is 0.504. The van der Waals surface area contributed by atoms with E-state index in [0.29, 0.717) is 5.56 Å². The summed E-state index contributed by atoms with van der Waals surface area (Å²) in [7, 11) is 0. The van der Waals surface area contributed by atoms with Crippen LogP contribution in [0, 0.1) is 6.57 Å². The zero-order chi connectivity index (χ0) is 28.3. The molecule has 4 rings (SSSR count). The molecule has 0 saturated carbocycles. The highest BCUT2D eigenvalue weighted by molar-refractivity contribution is 5.70. The van der Waals surface area contributed by atoms with E-state index in [1.807, 2.05) is 0 Å². The smallest absolute Gasteiger partial charge is 0.256 e. The van der Waals surface area contributed by atoms with Gasteiger partial charge in [0.2, 0.25) is 11.5 Å². The van der Waals surface area contributed by atoms with Crippen molar-refractivity contribution in [2.45, 2.75) is 52.0 Å². The average Bonchev–Trinajstić information content (AvgIpc) is 3.33. The van der Waals surface area contributed by atoms with Crippen molar-refractivity contribution in [1.82, 2.24) is 15.5 Å². The summed E-state index contributed by atoms with van der Waals surface area (Å²) in [6.45, 7) is 8.98. The lowest BCUT2D eigenvalue weighted by molar-refractivity contribution is 0.244. The monoisotopic (exact) mass is 410 g/mol. The maximum atomic E-state index is 8.90. The SMILES string of the molecule is [2H]C(C)(C)Oc1ccc(-c2nc(-c3cccc4c3C([2H])([2H])C[C@]4([2H])NC([2H])([2H])C([2H])([2H])C)no2)cc1[N+]#[C-]. The first kappa shape index (κ1) is 12.5. The van der Waals surface area contributed by atoms with Crippen LogP contribution in [0.3, 0.4) is 0 Å². The van der Waals surface area contributed by atoms with Gasteiger partial charge >= 0.3 is 0 Å². The van der Waals surface area contributed by atoms with Crippen LogP contribution in [0.25, 0.3) is 27.7 Å². The number of nitrogens with one attached hydrogen (secondary N) is 1. The van der Waals surface area contributed by atoms with Gasteiger partial charge in [-0.25, -0.2) is 4.85 Å². The number of hydrogen-bond donors (Lipinski definition) is 1. The van der Waals surface area contributed by atoms with E-state index in [9.17, 15) is 0 Å². The highest BCUT2D eigenvalue weighted by Crippen LogP contribution is 2.38. The second kappa shape index (κ2) is 8.68. The van der Waals surface area contributed by atoms with Gasteiger partial charge in [-0.1, -0.05) is 30.3 Å². The molecule has 0 bridgehead atoms. The van der Waals surface area contributed by atoms with E-state index in [1.165, 1.54) is 18.2 Å². The summed E-state index contributed by atoms with van der Waals surface area (Å²) < 4.78 is 76.8. The normalized spacial score (nSPS) is 24.6. The van der Waals surface area contributed by atoms with Gasteiger partial charge in [0.05, 0.1) is 15.4 Å². The molecular formula is C24H26N4O2. The number of rotatable bonds is 7. The molecule has 1 heterocycles. The van der Waals surface area contributed by atoms with E-state index in [1.54, 1.807) is 32.0 Å². The second-order valence-corrected chi connectivity index (χ2v) is 6.79. The van der Waals surface area contributed by atoms with Gasteiger partial charge in [-0.2, -0.15) is 4.98 Å². The van der Waals surface area contributed by atoms with Crippen LogP contribution >= 0.6 is 0 Å². The zero-order valence-corrected chi connectivity index (χ0v) is 16.8. The summed E-state index contributed by atoms with van der Waals surface area (Å²) in [5.41, 5.74) is 1.05. The largest absolute Gasteiger partial charge is 0.502 e. The first-order chi connectivity index (χ1) is 17.4. The molecule has 6 nitrogen and oxygen atoms in total. The Kier molecular flexibility index (Phi) is 3.62. The van der Waals surface area contributed by atoms with E-state index in [2.05, 4.69) is 20.3 Å². The number of ether oxygens (including phenoxy) is 1. The van der Waals surface area contributed by atoms with Crippen LogP contribution in [0.2, 0.25) is 0 Å². The van der Waals surface area contributed by atoms with Crippen LogP contribution in [0.5, 0.6) is 5.75 Å². The molecule has 1 aliphatic carbocycles. The third-order valence-electron chi connectivity index (χ3n) is 4.48. The van der Waals surface area contributed by atoms with E-state index in [0.717, 1.165) is 6.92 Å². The summed E-state index contributed by atoms with van der Waals surface area (Å²) in [6, 6.07) is 7.30. The first-order valence-electron chi connectivity index (χ1n) is 13.4. The summed E-state index contributed by atoms with van der Waals surface area (Å²) >= 11 is 0. The van der Waals surface area contributed by atoms with Crippen LogP contribution in [0.4, 0.5) is 5.69 Å². The van der Waals surface area contributed by atoms with Crippen LogP contribution in [-0.4, -0.2) is 22.7 Å². The molecule has 0 radical (unpaired) electrons. The minimum atomic E-state index is -2.62. The van der Waals surface area contributed by atoms with Gasteiger partial charge in [-0.3, -0.25) is 0 Å². The molecule has 0 fully saturated rings.